The molecule has 3 heteroatoms. The molecule has 0 N–H and O–H groups in total. The van der Waals surface area contributed by atoms with E-state index in [0.717, 1.165) is 10.9 Å². The third-order valence-electron chi connectivity index (χ3n) is 2.43. The first-order chi connectivity index (χ1) is 7.24. The van der Waals surface area contributed by atoms with Crippen LogP contribution in [0.2, 0.25) is 0 Å². The van der Waals surface area contributed by atoms with Crippen molar-refractivity contribution in [2.45, 2.75) is 13.5 Å². The average molecular weight is 200 g/mol. The molecule has 0 aromatic carbocycles. The summed E-state index contributed by atoms with van der Waals surface area (Å²) in [4.78, 5) is 12.0. The van der Waals surface area contributed by atoms with Crippen LogP contribution < -0.4 is 5.56 Å². The summed E-state index contributed by atoms with van der Waals surface area (Å²) in [6, 6.07) is 3.88. The van der Waals surface area contributed by atoms with Crippen LogP contribution in [0.1, 0.15) is 6.92 Å². The van der Waals surface area contributed by atoms with Gasteiger partial charge in [-0.2, -0.15) is 0 Å². The van der Waals surface area contributed by atoms with Crippen molar-refractivity contribution in [3.8, 4) is 11.8 Å². The first kappa shape index (κ1) is 9.60. The molecule has 2 aromatic heterocycles. The number of hydrogen-bond acceptors (Lipinski definition) is 1. The Morgan fingerprint density at radius 2 is 2.07 bits per heavy atom. The Bertz CT molecular complexity index is 608. The van der Waals surface area contributed by atoms with Gasteiger partial charge in [-0.1, -0.05) is 5.92 Å². The van der Waals surface area contributed by atoms with Gasteiger partial charge in [-0.15, -0.1) is 5.92 Å². The highest BCUT2D eigenvalue weighted by molar-refractivity contribution is 5.78. The Morgan fingerprint density at radius 3 is 2.80 bits per heavy atom. The Hall–Kier alpha value is -1.95. The Balaban J connectivity index is 2.67. The molecule has 3 nitrogen and oxygen atoms in total. The second kappa shape index (κ2) is 3.66. The van der Waals surface area contributed by atoms with Crippen molar-refractivity contribution in [2.24, 2.45) is 7.05 Å². The van der Waals surface area contributed by atoms with Crippen LogP contribution >= 0.6 is 0 Å². The number of aryl methyl sites for hydroxylation is 1. The summed E-state index contributed by atoms with van der Waals surface area (Å²) in [5.74, 6) is 5.67. The molecule has 2 heterocycles. The lowest BCUT2D eigenvalue weighted by Gasteiger charge is -2.01. The van der Waals surface area contributed by atoms with Gasteiger partial charge in [0.15, 0.2) is 0 Å². The zero-order valence-corrected chi connectivity index (χ0v) is 8.82. The predicted octanol–water partition coefficient (Wildman–Crippen LogP) is 1.36. The Labute approximate surface area is 87.9 Å². The van der Waals surface area contributed by atoms with Gasteiger partial charge in [0.25, 0.3) is 5.56 Å². The largest absolute Gasteiger partial charge is 0.346 e. The maximum absolute atomic E-state index is 12.0. The molecule has 76 valence electrons. The SMILES string of the molecule is CC#CCn1ccc2ccn(C)c2c1=O. The fourth-order valence-corrected chi connectivity index (χ4v) is 1.62. The minimum Gasteiger partial charge on any atom is -0.346 e. The van der Waals surface area contributed by atoms with E-state index in [4.69, 9.17) is 0 Å². The summed E-state index contributed by atoms with van der Waals surface area (Å²) in [5, 5.41) is 0.975. The van der Waals surface area contributed by atoms with Crippen molar-refractivity contribution in [1.29, 1.82) is 0 Å². The van der Waals surface area contributed by atoms with Gasteiger partial charge in [0.1, 0.15) is 5.52 Å². The Morgan fingerprint density at radius 1 is 1.33 bits per heavy atom. The first-order valence-corrected chi connectivity index (χ1v) is 4.78. The molecule has 0 amide bonds. The van der Waals surface area contributed by atoms with E-state index >= 15 is 0 Å². The molecule has 0 atom stereocenters. The van der Waals surface area contributed by atoms with E-state index in [-0.39, 0.29) is 5.56 Å². The van der Waals surface area contributed by atoms with E-state index in [9.17, 15) is 4.79 Å². The molecule has 0 saturated carbocycles. The summed E-state index contributed by atoms with van der Waals surface area (Å²) in [6.07, 6.45) is 3.68. The van der Waals surface area contributed by atoms with Crippen LogP contribution in [-0.4, -0.2) is 9.13 Å². The number of hydrogen-bond donors (Lipinski definition) is 0. The van der Waals surface area contributed by atoms with Gasteiger partial charge < -0.3 is 9.13 Å². The molecule has 0 unspecified atom stereocenters. The van der Waals surface area contributed by atoms with E-state index < -0.39 is 0 Å². The van der Waals surface area contributed by atoms with Crippen LogP contribution in [-0.2, 0) is 13.6 Å². The molecule has 0 saturated heterocycles. The van der Waals surface area contributed by atoms with Gasteiger partial charge in [0.05, 0.1) is 6.54 Å². The second-order valence-corrected chi connectivity index (χ2v) is 3.41. The molecule has 0 aliphatic rings. The maximum Gasteiger partial charge on any atom is 0.275 e. The molecule has 0 spiro atoms. The van der Waals surface area contributed by atoms with E-state index in [1.54, 1.807) is 17.7 Å². The zero-order valence-electron chi connectivity index (χ0n) is 8.82. The molecule has 15 heavy (non-hydrogen) atoms. The monoisotopic (exact) mass is 200 g/mol. The number of fused-ring (bicyclic) bond motifs is 1. The molecule has 0 aliphatic carbocycles. The van der Waals surface area contributed by atoms with Gasteiger partial charge in [-0.3, -0.25) is 4.79 Å². The van der Waals surface area contributed by atoms with Crippen LogP contribution in [0.25, 0.3) is 10.9 Å². The summed E-state index contributed by atoms with van der Waals surface area (Å²) >= 11 is 0. The summed E-state index contributed by atoms with van der Waals surface area (Å²) in [5.41, 5.74) is 0.748. The summed E-state index contributed by atoms with van der Waals surface area (Å²) in [7, 11) is 1.87. The van der Waals surface area contributed by atoms with Crippen LogP contribution in [0.15, 0.2) is 29.3 Å². The molecule has 0 radical (unpaired) electrons. The number of rotatable bonds is 1. The topological polar surface area (TPSA) is 26.9 Å². The van der Waals surface area contributed by atoms with E-state index in [1.807, 2.05) is 29.9 Å². The summed E-state index contributed by atoms with van der Waals surface area (Å²) in [6.45, 7) is 2.22. The lowest BCUT2D eigenvalue weighted by atomic mass is 10.3. The average Bonchev–Trinajstić information content (AvgIpc) is 2.60. The van der Waals surface area contributed by atoms with E-state index in [1.165, 1.54) is 0 Å². The van der Waals surface area contributed by atoms with Gasteiger partial charge in [-0.05, 0) is 19.1 Å². The van der Waals surface area contributed by atoms with Gasteiger partial charge >= 0.3 is 0 Å². The highest BCUT2D eigenvalue weighted by atomic mass is 16.1. The second-order valence-electron chi connectivity index (χ2n) is 3.41. The van der Waals surface area contributed by atoms with Crippen LogP contribution in [0.5, 0.6) is 0 Å². The molecule has 0 bridgehead atoms. The molecular formula is C12H12N2O. The molecule has 0 fully saturated rings. The molecule has 2 rings (SSSR count). The quantitative estimate of drug-likeness (QED) is 0.638. The van der Waals surface area contributed by atoms with Crippen molar-refractivity contribution >= 4 is 10.9 Å². The maximum atomic E-state index is 12.0. The minimum atomic E-state index is 0.0164. The van der Waals surface area contributed by atoms with Gasteiger partial charge in [0.2, 0.25) is 0 Å². The summed E-state index contributed by atoms with van der Waals surface area (Å²) < 4.78 is 3.46. The number of aromatic nitrogens is 2. The smallest absolute Gasteiger partial charge is 0.275 e. The van der Waals surface area contributed by atoms with Crippen molar-refractivity contribution in [3.63, 3.8) is 0 Å². The van der Waals surface area contributed by atoms with Crippen molar-refractivity contribution in [2.75, 3.05) is 0 Å². The first-order valence-electron chi connectivity index (χ1n) is 4.78. The van der Waals surface area contributed by atoms with Crippen molar-refractivity contribution < 1.29 is 0 Å². The minimum absolute atomic E-state index is 0.0164. The normalized spacial score (nSPS) is 10.0. The third-order valence-corrected chi connectivity index (χ3v) is 2.43. The van der Waals surface area contributed by atoms with Crippen LogP contribution in [0.4, 0.5) is 0 Å². The van der Waals surface area contributed by atoms with Crippen LogP contribution in [0.3, 0.4) is 0 Å². The highest BCUT2D eigenvalue weighted by Gasteiger charge is 2.04. The van der Waals surface area contributed by atoms with Gasteiger partial charge in [-0.25, -0.2) is 0 Å². The fourth-order valence-electron chi connectivity index (χ4n) is 1.62. The fraction of sp³-hybridized carbons (Fsp3) is 0.250. The van der Waals surface area contributed by atoms with Crippen molar-refractivity contribution in [3.05, 3.63) is 34.9 Å². The molecule has 2 aromatic rings. The van der Waals surface area contributed by atoms with E-state index in [2.05, 4.69) is 11.8 Å². The number of nitrogens with zero attached hydrogens (tertiary/aromatic N) is 2. The predicted molar refractivity (Wildman–Crippen MR) is 60.6 cm³/mol. The Kier molecular flexibility index (Phi) is 2.34. The lowest BCUT2D eigenvalue weighted by molar-refractivity contribution is 0.795. The zero-order chi connectivity index (χ0) is 10.8. The molecule has 0 aliphatic heterocycles. The van der Waals surface area contributed by atoms with E-state index in [0.29, 0.717) is 6.54 Å². The van der Waals surface area contributed by atoms with Gasteiger partial charge in [0, 0.05) is 24.8 Å². The third kappa shape index (κ3) is 1.55. The number of pyridine rings is 1. The van der Waals surface area contributed by atoms with Crippen molar-refractivity contribution in [1.82, 2.24) is 9.13 Å². The highest BCUT2D eigenvalue weighted by Crippen LogP contribution is 2.08. The molecular weight excluding hydrogens is 188 g/mol. The van der Waals surface area contributed by atoms with Crippen LogP contribution in [0, 0.1) is 11.8 Å². The lowest BCUT2D eigenvalue weighted by Crippen LogP contribution is -2.20. The standard InChI is InChI=1S/C12H12N2O/c1-3-4-7-14-9-6-10-5-8-13(2)11(10)12(14)15/h5-6,8-9H,7H2,1-2H3.